The third-order valence-corrected chi connectivity index (χ3v) is 4.12. The fourth-order valence-corrected chi connectivity index (χ4v) is 3.00. The lowest BCUT2D eigenvalue weighted by Crippen LogP contribution is -2.05. The molecule has 5 nitrogen and oxygen atoms in total. The number of hydrogen-bond acceptors (Lipinski definition) is 5. The highest BCUT2D eigenvalue weighted by atomic mass is 32.1. The van der Waals surface area contributed by atoms with Crippen LogP contribution in [0.2, 0.25) is 0 Å². The molecule has 0 atom stereocenters. The zero-order chi connectivity index (χ0) is 16.4. The molecule has 0 aliphatic rings. The van der Waals surface area contributed by atoms with E-state index in [2.05, 4.69) is 4.98 Å². The Kier molecular flexibility index (Phi) is 4.16. The number of aromatic nitrogens is 2. The number of ether oxygens (including phenoxy) is 1. The molecule has 23 heavy (non-hydrogen) atoms. The predicted octanol–water partition coefficient (Wildman–Crippen LogP) is 3.33. The molecule has 2 heterocycles. The fraction of sp³-hybridized carbons (Fsp3) is 0.176. The SMILES string of the molecule is COc1cccc(-c2nc3sccn3c2C(=O)/C=C/N(C)C)c1. The first-order valence-corrected chi connectivity index (χ1v) is 7.97. The summed E-state index contributed by atoms with van der Waals surface area (Å²) < 4.78 is 7.11. The van der Waals surface area contributed by atoms with E-state index < -0.39 is 0 Å². The fourth-order valence-electron chi connectivity index (χ4n) is 2.29. The molecule has 2 aromatic heterocycles. The molecular formula is C17H17N3O2S. The molecule has 118 valence electrons. The second-order valence-electron chi connectivity index (χ2n) is 5.24. The van der Waals surface area contributed by atoms with Gasteiger partial charge in [0.1, 0.15) is 17.1 Å². The number of hydrogen-bond donors (Lipinski definition) is 0. The van der Waals surface area contributed by atoms with Gasteiger partial charge < -0.3 is 9.64 Å². The van der Waals surface area contributed by atoms with Crippen LogP contribution >= 0.6 is 11.3 Å². The van der Waals surface area contributed by atoms with Gasteiger partial charge in [0, 0.05) is 43.5 Å². The van der Waals surface area contributed by atoms with Crippen LogP contribution in [0.25, 0.3) is 16.2 Å². The predicted molar refractivity (Wildman–Crippen MR) is 92.2 cm³/mol. The monoisotopic (exact) mass is 327 g/mol. The Morgan fingerprint density at radius 2 is 2.22 bits per heavy atom. The van der Waals surface area contributed by atoms with Crippen molar-refractivity contribution < 1.29 is 9.53 Å². The molecule has 3 rings (SSSR count). The Labute approximate surface area is 138 Å². The number of carbonyl (C=O) groups is 1. The lowest BCUT2D eigenvalue weighted by molar-refractivity contribution is 0.104. The molecule has 0 unspecified atom stereocenters. The number of rotatable bonds is 5. The van der Waals surface area contributed by atoms with Crippen LogP contribution in [-0.4, -0.2) is 41.3 Å². The van der Waals surface area contributed by atoms with E-state index in [0.717, 1.165) is 16.3 Å². The van der Waals surface area contributed by atoms with Gasteiger partial charge in [-0.1, -0.05) is 12.1 Å². The number of fused-ring (bicyclic) bond motifs is 1. The maximum atomic E-state index is 12.7. The van der Waals surface area contributed by atoms with Gasteiger partial charge in [-0.25, -0.2) is 4.98 Å². The summed E-state index contributed by atoms with van der Waals surface area (Å²) >= 11 is 1.50. The Morgan fingerprint density at radius 1 is 1.39 bits per heavy atom. The van der Waals surface area contributed by atoms with Crippen molar-refractivity contribution in [2.75, 3.05) is 21.2 Å². The molecule has 0 radical (unpaired) electrons. The van der Waals surface area contributed by atoms with Gasteiger partial charge in [0.2, 0.25) is 5.78 Å². The van der Waals surface area contributed by atoms with Crippen LogP contribution in [0, 0.1) is 0 Å². The second-order valence-corrected chi connectivity index (χ2v) is 6.11. The minimum Gasteiger partial charge on any atom is -0.497 e. The van der Waals surface area contributed by atoms with Gasteiger partial charge in [0.25, 0.3) is 0 Å². The number of carbonyl (C=O) groups excluding carboxylic acids is 1. The van der Waals surface area contributed by atoms with E-state index in [1.807, 2.05) is 59.2 Å². The van der Waals surface area contributed by atoms with Crippen molar-refractivity contribution in [2.45, 2.75) is 0 Å². The molecule has 0 aliphatic heterocycles. The lowest BCUT2D eigenvalue weighted by atomic mass is 10.1. The average Bonchev–Trinajstić information content (AvgIpc) is 3.13. The second kappa shape index (κ2) is 6.26. The largest absolute Gasteiger partial charge is 0.497 e. The first-order valence-electron chi connectivity index (χ1n) is 7.09. The van der Waals surface area contributed by atoms with E-state index in [4.69, 9.17) is 4.74 Å². The lowest BCUT2D eigenvalue weighted by Gasteiger charge is -2.05. The van der Waals surface area contributed by atoms with Gasteiger partial charge in [-0.15, -0.1) is 11.3 Å². The maximum Gasteiger partial charge on any atom is 0.206 e. The third kappa shape index (κ3) is 2.98. The highest BCUT2D eigenvalue weighted by molar-refractivity contribution is 7.15. The van der Waals surface area contributed by atoms with E-state index in [1.54, 1.807) is 19.4 Å². The Hall–Kier alpha value is -2.60. The standard InChI is InChI=1S/C17H17N3O2S/c1-19(2)8-7-14(21)16-15(18-17-20(16)9-10-23-17)12-5-4-6-13(11-12)22-3/h4-11H,1-3H3/b8-7+. The Balaban J connectivity index is 2.15. The number of methoxy groups -OCH3 is 1. The number of allylic oxidation sites excluding steroid dienone is 1. The topological polar surface area (TPSA) is 46.8 Å². The quantitative estimate of drug-likeness (QED) is 0.533. The first-order chi connectivity index (χ1) is 11.1. The molecule has 0 saturated carbocycles. The molecule has 0 spiro atoms. The maximum absolute atomic E-state index is 12.7. The highest BCUT2D eigenvalue weighted by Crippen LogP contribution is 2.29. The van der Waals surface area contributed by atoms with Crippen molar-refractivity contribution in [3.8, 4) is 17.0 Å². The van der Waals surface area contributed by atoms with Crippen molar-refractivity contribution >= 4 is 22.1 Å². The zero-order valence-corrected chi connectivity index (χ0v) is 14.0. The van der Waals surface area contributed by atoms with Gasteiger partial charge in [-0.2, -0.15) is 0 Å². The molecule has 0 fully saturated rings. The van der Waals surface area contributed by atoms with Crippen molar-refractivity contribution in [1.29, 1.82) is 0 Å². The summed E-state index contributed by atoms with van der Waals surface area (Å²) in [4.78, 5) is 19.9. The van der Waals surface area contributed by atoms with Gasteiger partial charge in [-0.3, -0.25) is 9.20 Å². The molecular weight excluding hydrogens is 310 g/mol. The summed E-state index contributed by atoms with van der Waals surface area (Å²) in [6.07, 6.45) is 5.17. The van der Waals surface area contributed by atoms with E-state index in [1.165, 1.54) is 11.3 Å². The number of ketones is 1. The van der Waals surface area contributed by atoms with Crippen molar-refractivity contribution in [3.05, 3.63) is 53.8 Å². The summed E-state index contributed by atoms with van der Waals surface area (Å²) in [5, 5.41) is 1.92. The van der Waals surface area contributed by atoms with Crippen LogP contribution in [0.15, 0.2) is 48.1 Å². The van der Waals surface area contributed by atoms with Crippen LogP contribution < -0.4 is 4.74 Å². The molecule has 6 heteroatoms. The number of benzene rings is 1. The van der Waals surface area contributed by atoms with Crippen molar-refractivity contribution in [3.63, 3.8) is 0 Å². The zero-order valence-electron chi connectivity index (χ0n) is 13.2. The molecule has 3 aromatic rings. The van der Waals surface area contributed by atoms with E-state index in [9.17, 15) is 4.79 Å². The number of nitrogens with zero attached hydrogens (tertiary/aromatic N) is 3. The number of thiazole rings is 1. The van der Waals surface area contributed by atoms with Gasteiger partial charge in [0.15, 0.2) is 4.96 Å². The summed E-state index contributed by atoms with van der Waals surface area (Å²) in [7, 11) is 5.38. The smallest absolute Gasteiger partial charge is 0.206 e. The van der Waals surface area contributed by atoms with Crippen molar-refractivity contribution in [2.24, 2.45) is 0 Å². The summed E-state index contributed by atoms with van der Waals surface area (Å²) in [6.45, 7) is 0. The first kappa shape index (κ1) is 15.3. The van der Waals surface area contributed by atoms with Crippen LogP contribution in [0.5, 0.6) is 5.75 Å². The highest BCUT2D eigenvalue weighted by Gasteiger charge is 2.20. The minimum atomic E-state index is -0.0811. The summed E-state index contributed by atoms with van der Waals surface area (Å²) in [6, 6.07) is 7.58. The normalized spacial score (nSPS) is 11.3. The van der Waals surface area contributed by atoms with Crippen LogP contribution in [0.4, 0.5) is 0 Å². The Morgan fingerprint density at radius 3 is 2.96 bits per heavy atom. The summed E-state index contributed by atoms with van der Waals surface area (Å²) in [5.74, 6) is 0.656. The number of imidazole rings is 1. The Bertz CT molecular complexity index is 877. The molecule has 0 bridgehead atoms. The molecule has 0 aliphatic carbocycles. The van der Waals surface area contributed by atoms with Crippen LogP contribution in [0.3, 0.4) is 0 Å². The van der Waals surface area contributed by atoms with E-state index >= 15 is 0 Å². The minimum absolute atomic E-state index is 0.0811. The third-order valence-electron chi connectivity index (χ3n) is 3.36. The van der Waals surface area contributed by atoms with E-state index in [0.29, 0.717) is 11.4 Å². The van der Waals surface area contributed by atoms with Gasteiger partial charge in [0.05, 0.1) is 7.11 Å². The van der Waals surface area contributed by atoms with Crippen LogP contribution in [-0.2, 0) is 0 Å². The molecule has 0 saturated heterocycles. The van der Waals surface area contributed by atoms with Gasteiger partial charge in [-0.05, 0) is 12.1 Å². The molecule has 0 N–H and O–H groups in total. The average molecular weight is 327 g/mol. The van der Waals surface area contributed by atoms with Crippen LogP contribution in [0.1, 0.15) is 10.5 Å². The van der Waals surface area contributed by atoms with E-state index in [-0.39, 0.29) is 5.78 Å². The molecule has 1 aromatic carbocycles. The van der Waals surface area contributed by atoms with Gasteiger partial charge >= 0.3 is 0 Å². The van der Waals surface area contributed by atoms with Crippen molar-refractivity contribution in [1.82, 2.24) is 14.3 Å². The molecule has 0 amide bonds. The summed E-state index contributed by atoms with van der Waals surface area (Å²) in [5.41, 5.74) is 2.10.